The molecule has 0 aromatic rings. The first-order valence-electron chi connectivity index (χ1n) is 3.57. The highest BCUT2D eigenvalue weighted by Crippen LogP contribution is 2.28. The lowest BCUT2D eigenvalue weighted by atomic mass is 10.0. The van der Waals surface area contributed by atoms with Crippen LogP contribution in [0.25, 0.3) is 0 Å². The molecule has 1 unspecified atom stereocenters. The smallest absolute Gasteiger partial charge is 0.105 e. The van der Waals surface area contributed by atoms with Crippen LogP contribution in [0.15, 0.2) is 11.3 Å². The fourth-order valence-electron chi connectivity index (χ4n) is 0.948. The summed E-state index contributed by atoms with van der Waals surface area (Å²) in [4.78, 5) is 0. The third-order valence-electron chi connectivity index (χ3n) is 1.74. The van der Waals surface area contributed by atoms with Crippen molar-refractivity contribution in [3.8, 4) is 0 Å². The van der Waals surface area contributed by atoms with Gasteiger partial charge in [0, 0.05) is 6.42 Å². The average Bonchev–Trinajstić information content (AvgIpc) is 1.61. The summed E-state index contributed by atoms with van der Waals surface area (Å²) in [5, 5.41) is 0. The fraction of sp³-hybridized carbons (Fsp3) is 0.750. The van der Waals surface area contributed by atoms with Gasteiger partial charge in [-0.1, -0.05) is 6.92 Å². The highest BCUT2D eigenvalue weighted by atomic mass is 16.5. The quantitative estimate of drug-likeness (QED) is 0.524. The van der Waals surface area contributed by atoms with Gasteiger partial charge in [0.2, 0.25) is 0 Å². The molecule has 0 spiro atoms. The van der Waals surface area contributed by atoms with Crippen molar-refractivity contribution < 1.29 is 4.74 Å². The Kier molecular flexibility index (Phi) is 1.79. The van der Waals surface area contributed by atoms with Crippen LogP contribution in [0.2, 0.25) is 0 Å². The molecule has 1 fully saturated rings. The topological polar surface area (TPSA) is 9.23 Å². The zero-order valence-electron chi connectivity index (χ0n) is 6.40. The van der Waals surface area contributed by atoms with Gasteiger partial charge >= 0.3 is 0 Å². The molecule has 0 N–H and O–H groups in total. The maximum Gasteiger partial charge on any atom is 0.105 e. The van der Waals surface area contributed by atoms with Crippen molar-refractivity contribution in [3.05, 3.63) is 11.3 Å². The molecule has 52 valence electrons. The summed E-state index contributed by atoms with van der Waals surface area (Å²) >= 11 is 0. The first kappa shape index (κ1) is 6.66. The monoisotopic (exact) mass is 126 g/mol. The Labute approximate surface area is 56.7 Å². The highest BCUT2D eigenvalue weighted by molar-refractivity contribution is 5.09. The van der Waals surface area contributed by atoms with E-state index < -0.39 is 0 Å². The lowest BCUT2D eigenvalue weighted by Crippen LogP contribution is -2.24. The minimum Gasteiger partial charge on any atom is -0.494 e. The number of ether oxygens (including phenoxy) is 1. The van der Waals surface area contributed by atoms with Gasteiger partial charge < -0.3 is 4.74 Å². The maximum atomic E-state index is 5.43. The van der Waals surface area contributed by atoms with Crippen LogP contribution in [0.3, 0.4) is 0 Å². The maximum absolute atomic E-state index is 5.43. The summed E-state index contributed by atoms with van der Waals surface area (Å²) in [6.07, 6.45) is 2.84. The Balaban J connectivity index is 2.35. The number of hydrogen-bond donors (Lipinski definition) is 0. The molecular weight excluding hydrogens is 112 g/mol. The summed E-state index contributed by atoms with van der Waals surface area (Å²) in [5.74, 6) is 1.21. The number of allylic oxidation sites excluding steroid dienone is 1. The van der Waals surface area contributed by atoms with E-state index in [2.05, 4.69) is 20.8 Å². The van der Waals surface area contributed by atoms with Crippen LogP contribution in [0.4, 0.5) is 0 Å². The third kappa shape index (κ3) is 1.26. The van der Waals surface area contributed by atoms with Crippen LogP contribution in [0, 0.1) is 0 Å². The summed E-state index contributed by atoms with van der Waals surface area (Å²) in [5.41, 5.74) is 1.33. The van der Waals surface area contributed by atoms with Crippen LogP contribution in [-0.2, 0) is 4.74 Å². The number of hydrogen-bond acceptors (Lipinski definition) is 1. The molecule has 1 heteroatoms. The van der Waals surface area contributed by atoms with Crippen LogP contribution in [0.1, 0.15) is 33.6 Å². The molecule has 0 amide bonds. The van der Waals surface area contributed by atoms with E-state index in [0.717, 1.165) is 6.42 Å². The van der Waals surface area contributed by atoms with E-state index in [1.54, 1.807) is 0 Å². The second kappa shape index (κ2) is 2.42. The molecule has 0 bridgehead atoms. The lowest BCUT2D eigenvalue weighted by molar-refractivity contribution is 0.0152. The molecule has 0 aromatic heterocycles. The first-order valence-corrected chi connectivity index (χ1v) is 3.57. The van der Waals surface area contributed by atoms with Crippen LogP contribution in [0.5, 0.6) is 0 Å². The molecule has 0 aliphatic carbocycles. The Morgan fingerprint density at radius 1 is 1.67 bits per heavy atom. The minimum absolute atomic E-state index is 0.523. The van der Waals surface area contributed by atoms with Crippen molar-refractivity contribution in [1.82, 2.24) is 0 Å². The molecule has 1 aliphatic heterocycles. The van der Waals surface area contributed by atoms with E-state index in [0.29, 0.717) is 6.10 Å². The van der Waals surface area contributed by atoms with E-state index >= 15 is 0 Å². The predicted molar refractivity (Wildman–Crippen MR) is 38.2 cm³/mol. The van der Waals surface area contributed by atoms with E-state index in [1.165, 1.54) is 17.8 Å². The Morgan fingerprint density at radius 2 is 2.22 bits per heavy atom. The minimum atomic E-state index is 0.523. The molecule has 1 aliphatic rings. The Bertz CT molecular complexity index is 124. The molecule has 1 heterocycles. The van der Waals surface area contributed by atoms with Crippen molar-refractivity contribution in [1.29, 1.82) is 0 Å². The largest absolute Gasteiger partial charge is 0.494 e. The van der Waals surface area contributed by atoms with E-state index in [1.807, 2.05) is 0 Å². The molecule has 9 heavy (non-hydrogen) atoms. The highest BCUT2D eigenvalue weighted by Gasteiger charge is 2.23. The first-order chi connectivity index (χ1) is 4.24. The van der Waals surface area contributed by atoms with Gasteiger partial charge in [0.1, 0.15) is 6.10 Å². The van der Waals surface area contributed by atoms with Crippen LogP contribution >= 0.6 is 0 Å². The SMILES string of the molecule is CCC1CC(=C(C)C)O1. The van der Waals surface area contributed by atoms with E-state index in [4.69, 9.17) is 4.74 Å². The van der Waals surface area contributed by atoms with Gasteiger partial charge in [-0.3, -0.25) is 0 Å². The summed E-state index contributed by atoms with van der Waals surface area (Å²) in [6.45, 7) is 6.36. The van der Waals surface area contributed by atoms with E-state index in [9.17, 15) is 0 Å². The molecular formula is C8H14O. The van der Waals surface area contributed by atoms with Gasteiger partial charge in [0.15, 0.2) is 0 Å². The van der Waals surface area contributed by atoms with Crippen molar-refractivity contribution in [2.45, 2.75) is 39.7 Å². The summed E-state index contributed by atoms with van der Waals surface area (Å²) in [7, 11) is 0. The van der Waals surface area contributed by atoms with Crippen molar-refractivity contribution in [2.24, 2.45) is 0 Å². The summed E-state index contributed by atoms with van der Waals surface area (Å²) < 4.78 is 5.43. The standard InChI is InChI=1S/C8H14O/c1-4-7-5-8(9-7)6(2)3/h7H,4-5H2,1-3H3. The predicted octanol–water partition coefficient (Wildman–Crippen LogP) is 2.48. The molecule has 1 nitrogen and oxygen atoms in total. The van der Waals surface area contributed by atoms with Gasteiger partial charge in [-0.25, -0.2) is 0 Å². The van der Waals surface area contributed by atoms with Crippen molar-refractivity contribution in [3.63, 3.8) is 0 Å². The van der Waals surface area contributed by atoms with Gasteiger partial charge in [-0.2, -0.15) is 0 Å². The van der Waals surface area contributed by atoms with Crippen LogP contribution < -0.4 is 0 Å². The number of rotatable bonds is 1. The molecule has 1 rings (SSSR count). The molecule has 1 atom stereocenters. The Morgan fingerprint density at radius 3 is 2.56 bits per heavy atom. The second-order valence-corrected chi connectivity index (χ2v) is 2.78. The lowest BCUT2D eigenvalue weighted by Gasteiger charge is -2.31. The van der Waals surface area contributed by atoms with E-state index in [-0.39, 0.29) is 0 Å². The molecule has 0 radical (unpaired) electrons. The van der Waals surface area contributed by atoms with Crippen LogP contribution in [-0.4, -0.2) is 6.10 Å². The van der Waals surface area contributed by atoms with Gasteiger partial charge in [0.25, 0.3) is 0 Å². The zero-order valence-corrected chi connectivity index (χ0v) is 6.40. The average molecular weight is 126 g/mol. The zero-order chi connectivity index (χ0) is 6.85. The van der Waals surface area contributed by atoms with Crippen molar-refractivity contribution >= 4 is 0 Å². The van der Waals surface area contributed by atoms with Gasteiger partial charge in [-0.15, -0.1) is 0 Å². The molecule has 1 saturated heterocycles. The van der Waals surface area contributed by atoms with Gasteiger partial charge in [0.05, 0.1) is 5.76 Å². The van der Waals surface area contributed by atoms with Gasteiger partial charge in [-0.05, 0) is 25.8 Å². The second-order valence-electron chi connectivity index (χ2n) is 2.78. The summed E-state index contributed by atoms with van der Waals surface area (Å²) in [6, 6.07) is 0. The molecule has 0 saturated carbocycles. The third-order valence-corrected chi connectivity index (χ3v) is 1.74. The molecule has 0 aromatic carbocycles. The normalized spacial score (nSPS) is 24.8. The fourth-order valence-corrected chi connectivity index (χ4v) is 0.948. The van der Waals surface area contributed by atoms with Crippen molar-refractivity contribution in [2.75, 3.05) is 0 Å². The Hall–Kier alpha value is -0.460.